The second-order valence-corrected chi connectivity index (χ2v) is 5.85. The molecule has 1 aromatic carbocycles. The van der Waals surface area contributed by atoms with E-state index in [1.807, 2.05) is 6.92 Å². The molecule has 0 saturated carbocycles. The molecule has 2 aromatic rings. The molecule has 1 atom stereocenters. The van der Waals surface area contributed by atoms with E-state index in [1.165, 1.54) is 23.5 Å². The Morgan fingerprint density at radius 1 is 1.52 bits per heavy atom. The Kier molecular flexibility index (Phi) is 3.66. The zero-order valence-corrected chi connectivity index (χ0v) is 12.0. The van der Waals surface area contributed by atoms with Crippen LogP contribution in [0.2, 0.25) is 0 Å². The Bertz CT molecular complexity index is 714. The lowest BCUT2D eigenvalue weighted by Crippen LogP contribution is -2.27. The molecule has 1 amide bonds. The fraction of sp³-hybridized carbons (Fsp3) is 0.214. The van der Waals surface area contributed by atoms with Crippen molar-refractivity contribution in [2.24, 2.45) is 5.16 Å². The number of carbonyl (C=O) groups excluding carboxylic acids is 1. The largest absolute Gasteiger partial charge is 0.382 e. The number of thiazole rings is 1. The van der Waals surface area contributed by atoms with E-state index in [1.54, 1.807) is 18.3 Å². The molecular weight excluding hydrogens is 293 g/mol. The number of nitrogens with zero attached hydrogens (tertiary/aromatic N) is 2. The van der Waals surface area contributed by atoms with E-state index in [2.05, 4.69) is 15.5 Å². The van der Waals surface area contributed by atoms with Crippen LogP contribution in [-0.4, -0.2) is 22.7 Å². The summed E-state index contributed by atoms with van der Waals surface area (Å²) in [7, 11) is 0. The highest BCUT2D eigenvalue weighted by molar-refractivity contribution is 7.15. The van der Waals surface area contributed by atoms with Crippen LogP contribution in [-0.2, 0) is 9.63 Å². The van der Waals surface area contributed by atoms with E-state index in [9.17, 15) is 9.18 Å². The smallest absolute Gasteiger partial charge is 0.270 e. The number of aromatic nitrogens is 1. The van der Waals surface area contributed by atoms with Gasteiger partial charge in [0, 0.05) is 23.1 Å². The number of aryl methyl sites for hydroxylation is 1. The van der Waals surface area contributed by atoms with Crippen LogP contribution >= 0.6 is 11.3 Å². The van der Waals surface area contributed by atoms with Crippen molar-refractivity contribution in [2.75, 3.05) is 5.32 Å². The van der Waals surface area contributed by atoms with Crippen molar-refractivity contribution in [1.29, 1.82) is 0 Å². The maximum atomic E-state index is 13.2. The number of rotatable bonds is 3. The fourth-order valence-electron chi connectivity index (χ4n) is 1.95. The van der Waals surface area contributed by atoms with Crippen molar-refractivity contribution in [1.82, 2.24) is 4.98 Å². The average molecular weight is 305 g/mol. The van der Waals surface area contributed by atoms with Gasteiger partial charge >= 0.3 is 0 Å². The third kappa shape index (κ3) is 3.08. The normalized spacial score (nSPS) is 17.2. The number of anilines is 1. The molecule has 5 nitrogen and oxygen atoms in total. The molecule has 21 heavy (non-hydrogen) atoms. The Hall–Kier alpha value is -2.28. The van der Waals surface area contributed by atoms with E-state index >= 15 is 0 Å². The predicted molar refractivity (Wildman–Crippen MR) is 77.9 cm³/mol. The summed E-state index contributed by atoms with van der Waals surface area (Å²) in [6.07, 6.45) is 1.27. The average Bonchev–Trinajstić information content (AvgIpc) is 3.08. The molecule has 1 unspecified atom stereocenters. The van der Waals surface area contributed by atoms with Crippen LogP contribution in [0, 0.1) is 12.7 Å². The number of benzene rings is 1. The highest BCUT2D eigenvalue weighted by Crippen LogP contribution is 2.21. The molecule has 108 valence electrons. The molecule has 0 radical (unpaired) electrons. The number of hydrogen-bond donors (Lipinski definition) is 1. The summed E-state index contributed by atoms with van der Waals surface area (Å²) < 4.78 is 13.2. The Balaban J connectivity index is 1.64. The van der Waals surface area contributed by atoms with Gasteiger partial charge in [0.2, 0.25) is 6.10 Å². The van der Waals surface area contributed by atoms with Crippen LogP contribution in [0.4, 0.5) is 9.52 Å². The van der Waals surface area contributed by atoms with E-state index in [4.69, 9.17) is 4.84 Å². The first-order valence-electron chi connectivity index (χ1n) is 6.34. The Morgan fingerprint density at radius 3 is 3.10 bits per heavy atom. The summed E-state index contributed by atoms with van der Waals surface area (Å²) in [4.78, 5) is 22.3. The fourth-order valence-corrected chi connectivity index (χ4v) is 2.62. The van der Waals surface area contributed by atoms with Gasteiger partial charge in [0.1, 0.15) is 5.82 Å². The number of hydrogen-bond acceptors (Lipinski definition) is 5. The van der Waals surface area contributed by atoms with Crippen molar-refractivity contribution in [3.8, 4) is 0 Å². The first-order chi connectivity index (χ1) is 10.1. The van der Waals surface area contributed by atoms with Gasteiger partial charge in [0.15, 0.2) is 5.13 Å². The molecule has 7 heteroatoms. The first kappa shape index (κ1) is 13.7. The summed E-state index contributed by atoms with van der Waals surface area (Å²) in [6, 6.07) is 6.05. The van der Waals surface area contributed by atoms with Gasteiger partial charge in [-0.15, -0.1) is 11.3 Å². The molecule has 1 aliphatic heterocycles. The van der Waals surface area contributed by atoms with Crippen LogP contribution in [0.5, 0.6) is 0 Å². The molecule has 3 rings (SSSR count). The summed E-state index contributed by atoms with van der Waals surface area (Å²) >= 11 is 1.39. The monoisotopic (exact) mass is 305 g/mol. The quantitative estimate of drug-likeness (QED) is 0.948. The maximum Gasteiger partial charge on any atom is 0.270 e. The van der Waals surface area contributed by atoms with Crippen LogP contribution < -0.4 is 5.32 Å². The molecule has 0 bridgehead atoms. The molecule has 0 saturated heterocycles. The standard InChI is InChI=1S/C14H12FN3O2S/c1-8-7-16-14(21-8)17-13(19)12-6-11(18-20-12)9-3-2-4-10(15)5-9/h2-5,7,12H,6H2,1H3,(H,16,17,19). The van der Waals surface area contributed by atoms with Crippen LogP contribution in [0.1, 0.15) is 16.9 Å². The molecule has 0 fully saturated rings. The van der Waals surface area contributed by atoms with Gasteiger partial charge in [-0.1, -0.05) is 17.3 Å². The molecule has 1 aromatic heterocycles. The van der Waals surface area contributed by atoms with Crippen molar-refractivity contribution >= 4 is 28.1 Å². The van der Waals surface area contributed by atoms with Crippen molar-refractivity contribution in [3.05, 3.63) is 46.7 Å². The van der Waals surface area contributed by atoms with Gasteiger partial charge < -0.3 is 4.84 Å². The Labute approximate surface area is 124 Å². The van der Waals surface area contributed by atoms with Crippen LogP contribution in [0.15, 0.2) is 35.6 Å². The lowest BCUT2D eigenvalue weighted by Gasteiger charge is -2.06. The number of carbonyl (C=O) groups is 1. The predicted octanol–water partition coefficient (Wildman–Crippen LogP) is 2.72. The minimum Gasteiger partial charge on any atom is -0.382 e. The molecular formula is C14H12FN3O2S. The third-order valence-electron chi connectivity index (χ3n) is 2.97. The van der Waals surface area contributed by atoms with E-state index in [-0.39, 0.29) is 11.7 Å². The second kappa shape index (κ2) is 5.61. The summed E-state index contributed by atoms with van der Waals surface area (Å²) in [5.41, 5.74) is 1.18. The van der Waals surface area contributed by atoms with Crippen LogP contribution in [0.3, 0.4) is 0 Å². The van der Waals surface area contributed by atoms with Gasteiger partial charge in [-0.25, -0.2) is 9.37 Å². The molecule has 0 spiro atoms. The Morgan fingerprint density at radius 2 is 2.38 bits per heavy atom. The molecule has 1 aliphatic rings. The number of nitrogens with one attached hydrogen (secondary N) is 1. The van der Waals surface area contributed by atoms with Crippen molar-refractivity contribution < 1.29 is 14.0 Å². The lowest BCUT2D eigenvalue weighted by atomic mass is 10.0. The topological polar surface area (TPSA) is 63.6 Å². The zero-order chi connectivity index (χ0) is 14.8. The van der Waals surface area contributed by atoms with Crippen LogP contribution in [0.25, 0.3) is 0 Å². The van der Waals surface area contributed by atoms with E-state index in [0.29, 0.717) is 22.8 Å². The third-order valence-corrected chi connectivity index (χ3v) is 3.80. The van der Waals surface area contributed by atoms with Gasteiger partial charge in [-0.05, 0) is 19.1 Å². The second-order valence-electron chi connectivity index (χ2n) is 4.61. The van der Waals surface area contributed by atoms with Crippen molar-refractivity contribution in [3.63, 3.8) is 0 Å². The number of halogens is 1. The van der Waals surface area contributed by atoms with Gasteiger partial charge in [-0.3, -0.25) is 10.1 Å². The van der Waals surface area contributed by atoms with E-state index in [0.717, 1.165) is 4.88 Å². The zero-order valence-electron chi connectivity index (χ0n) is 11.2. The minimum atomic E-state index is -0.715. The summed E-state index contributed by atoms with van der Waals surface area (Å²) in [5.74, 6) is -0.652. The van der Waals surface area contributed by atoms with Crippen molar-refractivity contribution in [2.45, 2.75) is 19.4 Å². The lowest BCUT2D eigenvalue weighted by molar-refractivity contribution is -0.125. The number of amides is 1. The SMILES string of the molecule is Cc1cnc(NC(=O)C2CC(c3cccc(F)c3)=NO2)s1. The molecule has 2 heterocycles. The maximum absolute atomic E-state index is 13.2. The molecule has 1 N–H and O–H groups in total. The highest BCUT2D eigenvalue weighted by Gasteiger charge is 2.29. The van der Waals surface area contributed by atoms with E-state index < -0.39 is 6.10 Å². The summed E-state index contributed by atoms with van der Waals surface area (Å²) in [6.45, 7) is 1.91. The summed E-state index contributed by atoms with van der Waals surface area (Å²) in [5, 5.41) is 7.08. The number of oxime groups is 1. The first-order valence-corrected chi connectivity index (χ1v) is 7.15. The minimum absolute atomic E-state index is 0.305. The van der Waals surface area contributed by atoms with Gasteiger partial charge in [-0.2, -0.15) is 0 Å². The molecule has 0 aliphatic carbocycles. The van der Waals surface area contributed by atoms with Gasteiger partial charge in [0.25, 0.3) is 5.91 Å². The highest BCUT2D eigenvalue weighted by atomic mass is 32.1. The van der Waals surface area contributed by atoms with Gasteiger partial charge in [0.05, 0.1) is 5.71 Å².